The van der Waals surface area contributed by atoms with Crippen molar-refractivity contribution in [3.8, 4) is 44.9 Å². The van der Waals surface area contributed by atoms with Crippen LogP contribution >= 0.6 is 0 Å². The van der Waals surface area contributed by atoms with Crippen LogP contribution in [-0.2, 0) is 0 Å². The first-order valence-electron chi connectivity index (χ1n) is 18.6. The second kappa shape index (κ2) is 13.5. The Morgan fingerprint density at radius 3 is 1.93 bits per heavy atom. The maximum absolute atomic E-state index is 5.30. The van der Waals surface area contributed by atoms with Gasteiger partial charge in [0.2, 0.25) is 0 Å². The number of pyridine rings is 1. The first-order chi connectivity index (χ1) is 26.7. The molecule has 2 heterocycles. The minimum absolute atomic E-state index is 0.707. The summed E-state index contributed by atoms with van der Waals surface area (Å²) in [7, 11) is 0. The molecule has 9 aromatic rings. The van der Waals surface area contributed by atoms with Crippen LogP contribution in [0.25, 0.3) is 88.4 Å². The minimum atomic E-state index is 0.707. The van der Waals surface area contributed by atoms with Crippen LogP contribution in [0.3, 0.4) is 0 Å². The third-order valence-electron chi connectivity index (χ3n) is 10.6. The van der Waals surface area contributed by atoms with Crippen LogP contribution in [0, 0.1) is 0 Å². The standard InChI is InChI=1S/C51H35N3/c1-2-12-38-28-40(27-22-34(38)10-1)39-15-7-18-43(29-39)51-53-49(37-25-23-36(24-26-37)48-33-52-32-44-13-4-6-20-47(44)48)31-50(54-51)42-17-8-16-41(30-42)46-21-9-14-35-11-3-5-19-45(35)46/h1-7,9-15,17-33H,8,16H2. The third-order valence-corrected chi connectivity index (χ3v) is 10.6. The van der Waals surface area contributed by atoms with Gasteiger partial charge < -0.3 is 0 Å². The minimum Gasteiger partial charge on any atom is -0.263 e. The number of fused-ring (bicyclic) bond motifs is 3. The molecule has 7 aromatic carbocycles. The molecule has 0 radical (unpaired) electrons. The molecule has 0 bridgehead atoms. The van der Waals surface area contributed by atoms with Gasteiger partial charge in [0.25, 0.3) is 0 Å². The fourth-order valence-corrected chi connectivity index (χ4v) is 7.84. The van der Waals surface area contributed by atoms with Crippen molar-refractivity contribution in [2.75, 3.05) is 0 Å². The lowest BCUT2D eigenvalue weighted by atomic mass is 9.89. The highest BCUT2D eigenvalue weighted by atomic mass is 14.9. The van der Waals surface area contributed by atoms with Crippen molar-refractivity contribution >= 4 is 43.5 Å². The number of allylic oxidation sites excluding steroid dienone is 4. The van der Waals surface area contributed by atoms with E-state index in [0.29, 0.717) is 5.82 Å². The number of aromatic nitrogens is 3. The summed E-state index contributed by atoms with van der Waals surface area (Å²) < 4.78 is 0. The van der Waals surface area contributed by atoms with Gasteiger partial charge in [-0.15, -0.1) is 0 Å². The van der Waals surface area contributed by atoms with Gasteiger partial charge in [-0.05, 0) is 97.4 Å². The molecule has 0 N–H and O–H groups in total. The summed E-state index contributed by atoms with van der Waals surface area (Å²) in [4.78, 5) is 15.1. The van der Waals surface area contributed by atoms with Crippen LogP contribution < -0.4 is 0 Å². The van der Waals surface area contributed by atoms with E-state index in [1.54, 1.807) is 0 Å². The normalized spacial score (nSPS) is 12.9. The van der Waals surface area contributed by atoms with Gasteiger partial charge in [-0.25, -0.2) is 9.97 Å². The van der Waals surface area contributed by atoms with Gasteiger partial charge >= 0.3 is 0 Å². The largest absolute Gasteiger partial charge is 0.263 e. The Kier molecular flexibility index (Phi) is 7.96. The molecule has 0 atom stereocenters. The Labute approximate surface area is 314 Å². The summed E-state index contributed by atoms with van der Waals surface area (Å²) in [5.41, 5.74) is 12.1. The average Bonchev–Trinajstić information content (AvgIpc) is 3.26. The van der Waals surface area contributed by atoms with Gasteiger partial charge in [0.15, 0.2) is 5.82 Å². The lowest BCUT2D eigenvalue weighted by Gasteiger charge is -2.17. The van der Waals surface area contributed by atoms with Crippen molar-refractivity contribution in [2.24, 2.45) is 0 Å². The second-order valence-electron chi connectivity index (χ2n) is 14.0. The predicted molar refractivity (Wildman–Crippen MR) is 226 cm³/mol. The van der Waals surface area contributed by atoms with E-state index in [1.165, 1.54) is 43.6 Å². The number of hydrogen-bond donors (Lipinski definition) is 0. The van der Waals surface area contributed by atoms with Crippen LogP contribution in [0.15, 0.2) is 188 Å². The van der Waals surface area contributed by atoms with E-state index in [-0.39, 0.29) is 0 Å². The molecule has 3 heteroatoms. The van der Waals surface area contributed by atoms with Gasteiger partial charge in [-0.3, -0.25) is 4.98 Å². The fraction of sp³-hybridized carbons (Fsp3) is 0.0392. The summed E-state index contributed by atoms with van der Waals surface area (Å²) in [6.45, 7) is 0. The first-order valence-corrected chi connectivity index (χ1v) is 18.6. The van der Waals surface area contributed by atoms with E-state index in [1.807, 2.05) is 12.4 Å². The van der Waals surface area contributed by atoms with E-state index >= 15 is 0 Å². The van der Waals surface area contributed by atoms with Crippen LogP contribution in [0.1, 0.15) is 24.1 Å². The molecule has 2 aromatic heterocycles. The van der Waals surface area contributed by atoms with Crippen molar-refractivity contribution in [1.82, 2.24) is 15.0 Å². The molecule has 0 saturated heterocycles. The first kappa shape index (κ1) is 31.7. The van der Waals surface area contributed by atoms with Crippen LogP contribution in [0.2, 0.25) is 0 Å². The summed E-state index contributed by atoms with van der Waals surface area (Å²) in [6, 6.07) is 58.3. The Bertz CT molecular complexity index is 2920. The van der Waals surface area contributed by atoms with E-state index in [0.717, 1.165) is 63.0 Å². The Balaban J connectivity index is 1.09. The highest BCUT2D eigenvalue weighted by Crippen LogP contribution is 2.37. The Morgan fingerprint density at radius 1 is 0.407 bits per heavy atom. The molecule has 0 unspecified atom stereocenters. The number of hydrogen-bond acceptors (Lipinski definition) is 3. The fourth-order valence-electron chi connectivity index (χ4n) is 7.84. The molecule has 0 spiro atoms. The zero-order valence-corrected chi connectivity index (χ0v) is 29.7. The molecule has 0 aliphatic heterocycles. The zero-order valence-electron chi connectivity index (χ0n) is 29.7. The summed E-state index contributed by atoms with van der Waals surface area (Å²) in [5.74, 6) is 0.707. The zero-order chi connectivity index (χ0) is 35.8. The maximum atomic E-state index is 5.30. The number of nitrogens with zero attached hydrogens (tertiary/aromatic N) is 3. The van der Waals surface area contributed by atoms with E-state index in [9.17, 15) is 0 Å². The molecule has 254 valence electrons. The molecular formula is C51H35N3. The second-order valence-corrected chi connectivity index (χ2v) is 14.0. The van der Waals surface area contributed by atoms with Crippen LogP contribution in [0.4, 0.5) is 0 Å². The van der Waals surface area contributed by atoms with Crippen molar-refractivity contribution in [2.45, 2.75) is 12.8 Å². The molecule has 10 rings (SSSR count). The van der Waals surface area contributed by atoms with Gasteiger partial charge in [0, 0.05) is 34.5 Å². The smallest absolute Gasteiger partial charge is 0.160 e. The van der Waals surface area contributed by atoms with Crippen molar-refractivity contribution in [3.63, 3.8) is 0 Å². The number of rotatable bonds is 6. The van der Waals surface area contributed by atoms with Crippen LogP contribution in [0.5, 0.6) is 0 Å². The Morgan fingerprint density at radius 2 is 1.06 bits per heavy atom. The monoisotopic (exact) mass is 689 g/mol. The molecule has 0 fully saturated rings. The lowest BCUT2D eigenvalue weighted by molar-refractivity contribution is 1.05. The molecule has 1 aliphatic carbocycles. The molecule has 1 aliphatic rings. The van der Waals surface area contributed by atoms with E-state index < -0.39 is 0 Å². The van der Waals surface area contributed by atoms with Gasteiger partial charge in [-0.1, -0.05) is 152 Å². The molecule has 0 saturated carbocycles. The Hall–Kier alpha value is -6.97. The summed E-state index contributed by atoms with van der Waals surface area (Å²) in [5, 5.41) is 7.32. The SMILES string of the molecule is C1=C(c2cc(-c3ccc(-c4cncc5ccccc45)cc3)nc(-c3cccc(-c4ccc5ccccc5c4)c3)n2)C=C(c2cccc3ccccc23)CC1. The third kappa shape index (κ3) is 5.96. The topological polar surface area (TPSA) is 38.7 Å². The molecular weight excluding hydrogens is 655 g/mol. The summed E-state index contributed by atoms with van der Waals surface area (Å²) in [6.07, 6.45) is 10.5. The van der Waals surface area contributed by atoms with E-state index in [2.05, 4.69) is 181 Å². The van der Waals surface area contributed by atoms with Gasteiger partial charge in [0.1, 0.15) is 0 Å². The van der Waals surface area contributed by atoms with E-state index in [4.69, 9.17) is 9.97 Å². The molecule has 54 heavy (non-hydrogen) atoms. The van der Waals surface area contributed by atoms with Crippen molar-refractivity contribution in [1.29, 1.82) is 0 Å². The van der Waals surface area contributed by atoms with Crippen molar-refractivity contribution < 1.29 is 0 Å². The highest BCUT2D eigenvalue weighted by molar-refractivity contribution is 5.98. The van der Waals surface area contributed by atoms with Crippen molar-refractivity contribution in [3.05, 3.63) is 200 Å². The van der Waals surface area contributed by atoms with Gasteiger partial charge in [-0.2, -0.15) is 0 Å². The average molecular weight is 690 g/mol. The summed E-state index contributed by atoms with van der Waals surface area (Å²) >= 11 is 0. The maximum Gasteiger partial charge on any atom is 0.160 e. The quantitative estimate of drug-likeness (QED) is 0.174. The van der Waals surface area contributed by atoms with Crippen LogP contribution in [-0.4, -0.2) is 15.0 Å². The number of benzene rings is 7. The highest BCUT2D eigenvalue weighted by Gasteiger charge is 2.17. The van der Waals surface area contributed by atoms with Gasteiger partial charge in [0.05, 0.1) is 11.4 Å². The molecule has 3 nitrogen and oxygen atoms in total. The molecule has 0 amide bonds. The lowest BCUT2D eigenvalue weighted by Crippen LogP contribution is -2.00. The predicted octanol–water partition coefficient (Wildman–Crippen LogP) is 13.3.